The summed E-state index contributed by atoms with van der Waals surface area (Å²) in [6.45, 7) is 0. The number of ether oxygens (including phenoxy) is 1. The van der Waals surface area contributed by atoms with E-state index < -0.39 is 10.8 Å². The van der Waals surface area contributed by atoms with Crippen molar-refractivity contribution < 1.29 is 19.2 Å². The molecular formula is C12H12N2O5. The highest BCUT2D eigenvalue weighted by Crippen LogP contribution is 2.31. The molecule has 0 radical (unpaired) electrons. The molecule has 100 valence electrons. The van der Waals surface area contributed by atoms with E-state index in [1.807, 2.05) is 0 Å². The van der Waals surface area contributed by atoms with Crippen molar-refractivity contribution in [3.05, 3.63) is 33.9 Å². The maximum Gasteiger partial charge on any atom is 0.311 e. The number of amides is 1. The first-order valence-corrected chi connectivity index (χ1v) is 5.74. The molecule has 1 aliphatic rings. The van der Waals surface area contributed by atoms with Crippen LogP contribution < -0.4 is 10.5 Å². The second kappa shape index (κ2) is 5.05. The van der Waals surface area contributed by atoms with Crippen LogP contribution in [0.15, 0.2) is 18.2 Å². The minimum atomic E-state index is -0.745. The molecule has 1 aromatic carbocycles. The standard InChI is InChI=1S/C12H12N2O5/c13-12(16)7-1-4-11(10(5-7)14(17)18)19-9-3-2-8(15)6-9/h1,4-5,9H,2-3,6H2,(H2,13,16). The van der Waals surface area contributed by atoms with E-state index in [1.165, 1.54) is 12.1 Å². The summed E-state index contributed by atoms with van der Waals surface area (Å²) in [5.41, 5.74) is 4.79. The normalized spacial score (nSPS) is 18.3. The Kier molecular flexibility index (Phi) is 3.46. The van der Waals surface area contributed by atoms with E-state index in [1.54, 1.807) is 0 Å². The number of carbonyl (C=O) groups excluding carboxylic acids is 2. The number of rotatable bonds is 4. The molecule has 7 nitrogen and oxygen atoms in total. The minimum absolute atomic E-state index is 0.0431. The topological polar surface area (TPSA) is 113 Å². The van der Waals surface area contributed by atoms with Gasteiger partial charge in [-0.1, -0.05) is 0 Å². The Morgan fingerprint density at radius 2 is 2.21 bits per heavy atom. The summed E-state index contributed by atoms with van der Waals surface area (Å²) in [6, 6.07) is 3.77. The van der Waals surface area contributed by atoms with Crippen LogP contribution in [0.3, 0.4) is 0 Å². The Bertz CT molecular complexity index is 555. The molecule has 7 heteroatoms. The van der Waals surface area contributed by atoms with E-state index in [2.05, 4.69) is 0 Å². The zero-order chi connectivity index (χ0) is 14.0. The molecule has 0 spiro atoms. The fraction of sp³-hybridized carbons (Fsp3) is 0.333. The molecule has 1 atom stereocenters. The van der Waals surface area contributed by atoms with Crippen molar-refractivity contribution in [2.24, 2.45) is 5.73 Å². The minimum Gasteiger partial charge on any atom is -0.483 e. The summed E-state index contributed by atoms with van der Waals surface area (Å²) in [6.07, 6.45) is 0.894. The molecule has 19 heavy (non-hydrogen) atoms. The zero-order valence-electron chi connectivity index (χ0n) is 10.00. The van der Waals surface area contributed by atoms with Gasteiger partial charge in [0.1, 0.15) is 11.9 Å². The molecule has 0 saturated heterocycles. The van der Waals surface area contributed by atoms with Crippen LogP contribution in [0, 0.1) is 10.1 Å². The fourth-order valence-corrected chi connectivity index (χ4v) is 1.97. The van der Waals surface area contributed by atoms with E-state index in [0.29, 0.717) is 12.8 Å². The summed E-state index contributed by atoms with van der Waals surface area (Å²) in [4.78, 5) is 32.4. The average Bonchev–Trinajstić information content (AvgIpc) is 2.74. The van der Waals surface area contributed by atoms with Crippen molar-refractivity contribution in [1.29, 1.82) is 0 Å². The van der Waals surface area contributed by atoms with E-state index >= 15 is 0 Å². The van der Waals surface area contributed by atoms with Gasteiger partial charge in [0.25, 0.3) is 0 Å². The second-order valence-electron chi connectivity index (χ2n) is 4.33. The van der Waals surface area contributed by atoms with Crippen molar-refractivity contribution in [2.75, 3.05) is 0 Å². The lowest BCUT2D eigenvalue weighted by molar-refractivity contribution is -0.386. The van der Waals surface area contributed by atoms with Crippen LogP contribution in [0.1, 0.15) is 29.6 Å². The maximum absolute atomic E-state index is 11.1. The molecule has 2 N–H and O–H groups in total. The third kappa shape index (κ3) is 2.87. The van der Waals surface area contributed by atoms with Gasteiger partial charge in [0.15, 0.2) is 5.75 Å². The number of nitrogens with zero attached hydrogens (tertiary/aromatic N) is 1. The smallest absolute Gasteiger partial charge is 0.311 e. The van der Waals surface area contributed by atoms with Gasteiger partial charge in [0.2, 0.25) is 5.91 Å². The third-order valence-corrected chi connectivity index (χ3v) is 2.93. The number of hydrogen-bond acceptors (Lipinski definition) is 5. The van der Waals surface area contributed by atoms with Crippen molar-refractivity contribution in [3.63, 3.8) is 0 Å². The number of primary amides is 1. The van der Waals surface area contributed by atoms with Crippen molar-refractivity contribution in [3.8, 4) is 5.75 Å². The molecule has 1 saturated carbocycles. The summed E-state index contributed by atoms with van der Waals surface area (Å²) < 4.78 is 5.46. The first-order valence-electron chi connectivity index (χ1n) is 5.74. The van der Waals surface area contributed by atoms with Gasteiger partial charge in [-0.25, -0.2) is 0 Å². The monoisotopic (exact) mass is 264 g/mol. The van der Waals surface area contributed by atoms with Gasteiger partial charge in [-0.2, -0.15) is 0 Å². The molecule has 0 aliphatic heterocycles. The highest BCUT2D eigenvalue weighted by atomic mass is 16.6. The Hall–Kier alpha value is -2.44. The Labute approximate surface area is 108 Å². The number of nitrogens with two attached hydrogens (primary N) is 1. The van der Waals surface area contributed by atoms with Crippen LogP contribution in [-0.4, -0.2) is 22.7 Å². The molecule has 0 heterocycles. The van der Waals surface area contributed by atoms with Crippen LogP contribution in [0.2, 0.25) is 0 Å². The Balaban J connectivity index is 2.26. The highest BCUT2D eigenvalue weighted by Gasteiger charge is 2.27. The first kappa shape index (κ1) is 13.0. The predicted octanol–water partition coefficient (Wildman–Crippen LogP) is 1.19. The molecule has 1 amide bonds. The second-order valence-corrected chi connectivity index (χ2v) is 4.33. The lowest BCUT2D eigenvalue weighted by Crippen LogP contribution is -2.15. The van der Waals surface area contributed by atoms with Gasteiger partial charge in [-0.3, -0.25) is 19.7 Å². The van der Waals surface area contributed by atoms with E-state index in [9.17, 15) is 19.7 Å². The van der Waals surface area contributed by atoms with E-state index in [4.69, 9.17) is 10.5 Å². The maximum atomic E-state index is 11.1. The molecule has 1 aromatic rings. The number of nitro groups is 1. The lowest BCUT2D eigenvalue weighted by Gasteiger charge is -2.12. The number of carbonyl (C=O) groups is 2. The number of nitro benzene ring substituents is 1. The number of benzene rings is 1. The zero-order valence-corrected chi connectivity index (χ0v) is 10.00. The van der Waals surface area contributed by atoms with Gasteiger partial charge in [-0.15, -0.1) is 0 Å². The van der Waals surface area contributed by atoms with Crippen LogP contribution in [-0.2, 0) is 4.79 Å². The van der Waals surface area contributed by atoms with Crippen molar-refractivity contribution in [1.82, 2.24) is 0 Å². The number of hydrogen-bond donors (Lipinski definition) is 1. The predicted molar refractivity (Wildman–Crippen MR) is 64.9 cm³/mol. The van der Waals surface area contributed by atoms with Crippen LogP contribution in [0.4, 0.5) is 5.69 Å². The van der Waals surface area contributed by atoms with Crippen molar-refractivity contribution in [2.45, 2.75) is 25.4 Å². The van der Waals surface area contributed by atoms with Crippen LogP contribution >= 0.6 is 0 Å². The lowest BCUT2D eigenvalue weighted by atomic mass is 10.1. The molecular weight excluding hydrogens is 252 g/mol. The fourth-order valence-electron chi connectivity index (χ4n) is 1.97. The molecule has 0 bridgehead atoms. The van der Waals surface area contributed by atoms with E-state index in [0.717, 1.165) is 6.07 Å². The molecule has 0 aromatic heterocycles. The summed E-state index contributed by atoms with van der Waals surface area (Å²) >= 11 is 0. The summed E-state index contributed by atoms with van der Waals surface area (Å²) in [5, 5.41) is 10.9. The molecule has 1 fully saturated rings. The first-order chi connectivity index (χ1) is 8.97. The van der Waals surface area contributed by atoms with Gasteiger partial charge >= 0.3 is 5.69 Å². The number of Topliss-reactive ketones (excluding diaryl/α,β-unsaturated/α-hetero) is 1. The summed E-state index contributed by atoms with van der Waals surface area (Å²) in [7, 11) is 0. The molecule has 1 unspecified atom stereocenters. The Morgan fingerprint density at radius 3 is 2.74 bits per heavy atom. The largest absolute Gasteiger partial charge is 0.483 e. The van der Waals surface area contributed by atoms with Crippen LogP contribution in [0.5, 0.6) is 5.75 Å². The number of ketones is 1. The van der Waals surface area contributed by atoms with Gasteiger partial charge in [-0.05, 0) is 18.6 Å². The van der Waals surface area contributed by atoms with E-state index in [-0.39, 0.29) is 35.3 Å². The summed E-state index contributed by atoms with van der Waals surface area (Å²) in [5.74, 6) is -0.609. The van der Waals surface area contributed by atoms with Gasteiger partial charge in [0.05, 0.1) is 4.92 Å². The van der Waals surface area contributed by atoms with Crippen LogP contribution in [0.25, 0.3) is 0 Å². The van der Waals surface area contributed by atoms with Gasteiger partial charge < -0.3 is 10.5 Å². The molecule has 2 rings (SSSR count). The Morgan fingerprint density at radius 1 is 1.47 bits per heavy atom. The van der Waals surface area contributed by atoms with Gasteiger partial charge in [0, 0.05) is 24.5 Å². The highest BCUT2D eigenvalue weighted by molar-refractivity contribution is 5.93. The van der Waals surface area contributed by atoms with Crippen molar-refractivity contribution >= 4 is 17.4 Å². The SMILES string of the molecule is NC(=O)c1ccc(OC2CCC(=O)C2)c([N+](=O)[O-])c1. The third-order valence-electron chi connectivity index (χ3n) is 2.93. The average molecular weight is 264 g/mol. The quantitative estimate of drug-likeness (QED) is 0.648. The molecule has 1 aliphatic carbocycles.